The summed E-state index contributed by atoms with van der Waals surface area (Å²) in [7, 11) is 1.84. The van der Waals surface area contributed by atoms with Gasteiger partial charge in [-0.25, -0.2) is 0 Å². The number of para-hydroxylation sites is 1. The van der Waals surface area contributed by atoms with Crippen molar-refractivity contribution in [1.29, 1.82) is 0 Å². The zero-order valence-electron chi connectivity index (χ0n) is 15.3. The second-order valence-corrected chi connectivity index (χ2v) is 7.32. The van der Waals surface area contributed by atoms with Gasteiger partial charge in [0.2, 0.25) is 11.8 Å². The maximum absolute atomic E-state index is 12.9. The van der Waals surface area contributed by atoms with Crippen molar-refractivity contribution in [3.05, 3.63) is 29.8 Å². The Hall–Kier alpha value is -2.12. The Morgan fingerprint density at radius 2 is 1.96 bits per heavy atom. The number of hydrogen-bond donors (Lipinski definition) is 0. The summed E-state index contributed by atoms with van der Waals surface area (Å²) in [5, 5.41) is 0. The molecule has 26 heavy (non-hydrogen) atoms. The Balaban J connectivity index is 1.38. The molecule has 0 radical (unpaired) electrons. The van der Waals surface area contributed by atoms with Crippen LogP contribution < -0.4 is 4.74 Å². The number of ether oxygens (including phenoxy) is 1. The quantitative estimate of drug-likeness (QED) is 0.737. The summed E-state index contributed by atoms with van der Waals surface area (Å²) in [4.78, 5) is 33.3. The Labute approximate surface area is 154 Å². The van der Waals surface area contributed by atoms with Gasteiger partial charge in [-0.05, 0) is 6.07 Å². The van der Waals surface area contributed by atoms with Crippen molar-refractivity contribution in [2.75, 3.05) is 59.5 Å². The maximum Gasteiger partial charge on any atom is 0.241 e. The lowest BCUT2D eigenvalue weighted by molar-refractivity contribution is -0.147. The first-order chi connectivity index (χ1) is 12.6. The van der Waals surface area contributed by atoms with Crippen LogP contribution in [0.25, 0.3) is 0 Å². The van der Waals surface area contributed by atoms with Crippen LogP contribution in [0, 0.1) is 0 Å². The Morgan fingerprint density at radius 1 is 1.15 bits per heavy atom. The third-order valence-electron chi connectivity index (χ3n) is 5.62. The lowest BCUT2D eigenvalue weighted by Gasteiger charge is -2.45. The van der Waals surface area contributed by atoms with Gasteiger partial charge in [-0.15, -0.1) is 0 Å². The van der Waals surface area contributed by atoms with Gasteiger partial charge < -0.3 is 14.5 Å². The number of fused-ring (bicyclic) bond motifs is 2. The van der Waals surface area contributed by atoms with Crippen molar-refractivity contribution in [3.63, 3.8) is 0 Å². The Morgan fingerprint density at radius 3 is 2.85 bits per heavy atom. The van der Waals surface area contributed by atoms with E-state index in [0.29, 0.717) is 32.8 Å². The normalized spacial score (nSPS) is 24.5. The third kappa shape index (κ3) is 3.41. The number of carbonyl (C=O) groups excluding carboxylic acids is 2. The van der Waals surface area contributed by atoms with Crippen LogP contribution in [0.4, 0.5) is 0 Å². The van der Waals surface area contributed by atoms with Crippen LogP contribution in [0.1, 0.15) is 5.56 Å². The topological polar surface area (TPSA) is 56.3 Å². The molecule has 2 amide bonds. The highest BCUT2D eigenvalue weighted by Crippen LogP contribution is 2.22. The molecule has 1 aromatic rings. The smallest absolute Gasteiger partial charge is 0.241 e. The van der Waals surface area contributed by atoms with Crippen LogP contribution in [0.3, 0.4) is 0 Å². The molecule has 0 spiro atoms. The molecule has 2 fully saturated rings. The summed E-state index contributed by atoms with van der Waals surface area (Å²) >= 11 is 0. The largest absolute Gasteiger partial charge is 0.492 e. The van der Waals surface area contributed by atoms with E-state index in [-0.39, 0.29) is 17.9 Å². The average Bonchev–Trinajstić information content (AvgIpc) is 2.86. The summed E-state index contributed by atoms with van der Waals surface area (Å²) in [6, 6.07) is 7.81. The lowest BCUT2D eigenvalue weighted by Crippen LogP contribution is -2.65. The Kier molecular flexibility index (Phi) is 4.82. The predicted octanol–water partition coefficient (Wildman–Crippen LogP) is -0.134. The predicted molar refractivity (Wildman–Crippen MR) is 96.8 cm³/mol. The van der Waals surface area contributed by atoms with Crippen LogP contribution in [0.15, 0.2) is 24.3 Å². The monoisotopic (exact) mass is 358 g/mol. The standard InChI is InChI=1S/C19H26N4O3/c1-20-6-7-22-8-9-23(13-16(22)19(20)25)18(24)14-21-10-11-26-17-5-3-2-4-15(17)12-21/h2-5,16H,6-14H2,1H3/t16-/m1/s1. The minimum atomic E-state index is -0.181. The fraction of sp³-hybridized carbons (Fsp3) is 0.579. The summed E-state index contributed by atoms with van der Waals surface area (Å²) in [5.41, 5.74) is 1.12. The Bertz CT molecular complexity index is 695. The molecule has 1 aromatic carbocycles. The minimum Gasteiger partial charge on any atom is -0.492 e. The molecule has 7 heteroatoms. The van der Waals surface area contributed by atoms with E-state index in [9.17, 15) is 9.59 Å². The molecule has 0 bridgehead atoms. The van der Waals surface area contributed by atoms with Gasteiger partial charge in [0.25, 0.3) is 0 Å². The van der Waals surface area contributed by atoms with Gasteiger partial charge in [0.1, 0.15) is 18.4 Å². The highest BCUT2D eigenvalue weighted by Gasteiger charge is 2.38. The molecule has 0 aromatic heterocycles. The number of nitrogens with zero attached hydrogens (tertiary/aromatic N) is 4. The van der Waals surface area contributed by atoms with Gasteiger partial charge in [0, 0.05) is 58.4 Å². The summed E-state index contributed by atoms with van der Waals surface area (Å²) in [5.74, 6) is 1.14. The lowest BCUT2D eigenvalue weighted by atomic mass is 10.1. The van der Waals surface area contributed by atoms with E-state index in [0.717, 1.165) is 37.5 Å². The first kappa shape index (κ1) is 17.3. The number of piperazine rings is 2. The highest BCUT2D eigenvalue weighted by atomic mass is 16.5. The molecule has 4 rings (SSSR count). The van der Waals surface area contributed by atoms with Crippen molar-refractivity contribution in [2.24, 2.45) is 0 Å². The molecule has 140 valence electrons. The maximum atomic E-state index is 12.9. The minimum absolute atomic E-state index is 0.102. The second kappa shape index (κ2) is 7.25. The first-order valence-electron chi connectivity index (χ1n) is 9.31. The summed E-state index contributed by atoms with van der Waals surface area (Å²) in [6.07, 6.45) is 0. The zero-order valence-corrected chi connectivity index (χ0v) is 15.3. The molecule has 0 unspecified atom stereocenters. The van der Waals surface area contributed by atoms with Crippen molar-refractivity contribution in [1.82, 2.24) is 19.6 Å². The third-order valence-corrected chi connectivity index (χ3v) is 5.62. The van der Waals surface area contributed by atoms with Crippen molar-refractivity contribution in [2.45, 2.75) is 12.6 Å². The second-order valence-electron chi connectivity index (χ2n) is 7.32. The van der Waals surface area contributed by atoms with Crippen LogP contribution in [-0.2, 0) is 16.1 Å². The van der Waals surface area contributed by atoms with E-state index in [1.165, 1.54) is 0 Å². The fourth-order valence-corrected chi connectivity index (χ4v) is 4.00. The molecule has 2 saturated heterocycles. The van der Waals surface area contributed by atoms with E-state index in [1.807, 2.05) is 36.2 Å². The average molecular weight is 358 g/mol. The zero-order chi connectivity index (χ0) is 18.1. The molecule has 7 nitrogen and oxygen atoms in total. The number of hydrogen-bond acceptors (Lipinski definition) is 5. The summed E-state index contributed by atoms with van der Waals surface area (Å²) < 4.78 is 5.78. The fourth-order valence-electron chi connectivity index (χ4n) is 4.00. The van der Waals surface area contributed by atoms with E-state index in [4.69, 9.17) is 4.74 Å². The number of rotatable bonds is 2. The van der Waals surface area contributed by atoms with Gasteiger partial charge in [0.05, 0.1) is 6.54 Å². The molecular formula is C19H26N4O3. The van der Waals surface area contributed by atoms with E-state index in [1.54, 1.807) is 4.90 Å². The SMILES string of the molecule is CN1CCN2CCN(C(=O)CN3CCOc4ccccc4C3)C[C@@H]2C1=O. The highest BCUT2D eigenvalue weighted by molar-refractivity contribution is 5.85. The molecule has 3 heterocycles. The van der Waals surface area contributed by atoms with Crippen molar-refractivity contribution >= 4 is 11.8 Å². The van der Waals surface area contributed by atoms with Gasteiger partial charge in [0.15, 0.2) is 0 Å². The van der Waals surface area contributed by atoms with Crippen LogP contribution >= 0.6 is 0 Å². The van der Waals surface area contributed by atoms with Crippen LogP contribution in [-0.4, -0.2) is 96.9 Å². The van der Waals surface area contributed by atoms with E-state index < -0.39 is 0 Å². The number of benzene rings is 1. The van der Waals surface area contributed by atoms with Crippen LogP contribution in [0.5, 0.6) is 5.75 Å². The molecule has 0 saturated carbocycles. The molecule has 0 aliphatic carbocycles. The molecule has 0 N–H and O–H groups in total. The number of amides is 2. The number of likely N-dealkylation sites (N-methyl/N-ethyl adjacent to an activating group) is 1. The van der Waals surface area contributed by atoms with Gasteiger partial charge in [-0.1, -0.05) is 18.2 Å². The van der Waals surface area contributed by atoms with Gasteiger partial charge >= 0.3 is 0 Å². The van der Waals surface area contributed by atoms with Crippen molar-refractivity contribution < 1.29 is 14.3 Å². The van der Waals surface area contributed by atoms with Gasteiger partial charge in [-0.3, -0.25) is 19.4 Å². The summed E-state index contributed by atoms with van der Waals surface area (Å²) in [6.45, 7) is 6.06. The molecule has 3 aliphatic rings. The van der Waals surface area contributed by atoms with Crippen LogP contribution in [0.2, 0.25) is 0 Å². The molecular weight excluding hydrogens is 332 g/mol. The molecule has 3 aliphatic heterocycles. The van der Waals surface area contributed by atoms with Gasteiger partial charge in [-0.2, -0.15) is 0 Å². The van der Waals surface area contributed by atoms with Crippen molar-refractivity contribution in [3.8, 4) is 5.75 Å². The molecule has 1 atom stereocenters. The number of carbonyl (C=O) groups is 2. The van der Waals surface area contributed by atoms with E-state index >= 15 is 0 Å². The van der Waals surface area contributed by atoms with E-state index in [2.05, 4.69) is 9.80 Å². The first-order valence-corrected chi connectivity index (χ1v) is 9.31.